The molecule has 0 aromatic heterocycles. The van der Waals surface area contributed by atoms with Crippen LogP contribution in [0.2, 0.25) is 0 Å². The average molecular weight is 294 g/mol. The van der Waals surface area contributed by atoms with Crippen LogP contribution >= 0.6 is 0 Å². The number of rotatable bonds is 9. The number of benzene rings is 1. The van der Waals surface area contributed by atoms with Crippen molar-refractivity contribution in [2.45, 2.75) is 32.2 Å². The lowest BCUT2D eigenvalue weighted by Crippen LogP contribution is -2.43. The van der Waals surface area contributed by atoms with E-state index in [9.17, 15) is 4.79 Å². The zero-order chi connectivity index (χ0) is 15.7. The zero-order valence-electron chi connectivity index (χ0n) is 13.2. The van der Waals surface area contributed by atoms with Crippen molar-refractivity contribution < 1.29 is 14.3 Å². The van der Waals surface area contributed by atoms with E-state index in [0.717, 1.165) is 30.8 Å². The summed E-state index contributed by atoms with van der Waals surface area (Å²) in [4.78, 5) is 13.6. The minimum Gasteiger partial charge on any atom is -0.497 e. The highest BCUT2D eigenvalue weighted by molar-refractivity contribution is 5.81. The molecule has 0 fully saturated rings. The van der Waals surface area contributed by atoms with E-state index in [1.54, 1.807) is 19.1 Å². The molecule has 0 saturated carbocycles. The van der Waals surface area contributed by atoms with E-state index < -0.39 is 6.04 Å². The molecule has 2 N–H and O–H groups in total. The van der Waals surface area contributed by atoms with Gasteiger partial charge in [-0.3, -0.25) is 4.79 Å². The topological polar surface area (TPSA) is 64.8 Å². The van der Waals surface area contributed by atoms with Gasteiger partial charge in [0.25, 0.3) is 0 Å². The van der Waals surface area contributed by atoms with Crippen LogP contribution in [0, 0.1) is 0 Å². The molecule has 0 aliphatic carbocycles. The summed E-state index contributed by atoms with van der Waals surface area (Å²) in [6.07, 6.45) is 2.76. The number of hydrogen-bond donors (Lipinski definition) is 1. The van der Waals surface area contributed by atoms with Crippen LogP contribution in [0.15, 0.2) is 24.3 Å². The molecule has 0 unspecified atom stereocenters. The Balaban J connectivity index is 2.31. The molecule has 0 aliphatic rings. The van der Waals surface area contributed by atoms with Gasteiger partial charge in [0.05, 0.1) is 19.7 Å². The van der Waals surface area contributed by atoms with E-state index in [1.807, 2.05) is 24.3 Å². The van der Waals surface area contributed by atoms with E-state index in [2.05, 4.69) is 6.92 Å². The fraction of sp³-hybridized carbons (Fsp3) is 0.562. The van der Waals surface area contributed by atoms with Crippen LogP contribution in [0.1, 0.15) is 26.2 Å². The molecule has 1 amide bonds. The second kappa shape index (κ2) is 9.23. The Labute approximate surface area is 127 Å². The van der Waals surface area contributed by atoms with Crippen molar-refractivity contribution in [3.63, 3.8) is 0 Å². The normalized spacial score (nSPS) is 11.8. The van der Waals surface area contributed by atoms with Crippen molar-refractivity contribution in [3.8, 4) is 11.5 Å². The van der Waals surface area contributed by atoms with Crippen molar-refractivity contribution in [2.24, 2.45) is 5.73 Å². The summed E-state index contributed by atoms with van der Waals surface area (Å²) < 4.78 is 10.7. The lowest BCUT2D eigenvalue weighted by Gasteiger charge is -2.21. The summed E-state index contributed by atoms with van der Waals surface area (Å²) in [5.41, 5.74) is 5.87. The maximum Gasteiger partial charge on any atom is 0.239 e. The molecule has 0 heterocycles. The van der Waals surface area contributed by atoms with E-state index in [1.165, 1.54) is 0 Å². The van der Waals surface area contributed by atoms with E-state index in [0.29, 0.717) is 13.2 Å². The third-order valence-electron chi connectivity index (χ3n) is 3.32. The smallest absolute Gasteiger partial charge is 0.239 e. The van der Waals surface area contributed by atoms with Gasteiger partial charge in [-0.25, -0.2) is 0 Å². The molecule has 21 heavy (non-hydrogen) atoms. The minimum absolute atomic E-state index is 0.0261. The quantitative estimate of drug-likeness (QED) is 0.757. The summed E-state index contributed by atoms with van der Waals surface area (Å²) in [5.74, 6) is 1.52. The van der Waals surface area contributed by atoms with Gasteiger partial charge in [-0.2, -0.15) is 0 Å². The molecule has 0 bridgehead atoms. The molecule has 0 spiro atoms. The second-order valence-corrected chi connectivity index (χ2v) is 5.03. The first-order chi connectivity index (χ1) is 10.1. The molecule has 1 aromatic carbocycles. The number of carbonyl (C=O) groups excluding carboxylic acids is 1. The molecule has 0 aliphatic heterocycles. The predicted octanol–water partition coefficient (Wildman–Crippen LogP) is 2.05. The van der Waals surface area contributed by atoms with Crippen LogP contribution in [0.25, 0.3) is 0 Å². The molecular weight excluding hydrogens is 268 g/mol. The molecule has 5 nitrogen and oxygen atoms in total. The minimum atomic E-state index is -0.407. The fourth-order valence-corrected chi connectivity index (χ4v) is 1.91. The van der Waals surface area contributed by atoms with Crippen LogP contribution < -0.4 is 15.2 Å². The molecular formula is C16H26N2O3. The van der Waals surface area contributed by atoms with E-state index in [-0.39, 0.29) is 5.91 Å². The Morgan fingerprint density at radius 2 is 1.90 bits per heavy atom. The Morgan fingerprint density at radius 1 is 1.29 bits per heavy atom. The van der Waals surface area contributed by atoms with Gasteiger partial charge in [0.2, 0.25) is 5.91 Å². The molecule has 0 radical (unpaired) electrons. The third-order valence-corrected chi connectivity index (χ3v) is 3.32. The van der Waals surface area contributed by atoms with Gasteiger partial charge in [-0.1, -0.05) is 19.8 Å². The molecule has 118 valence electrons. The van der Waals surface area contributed by atoms with Crippen LogP contribution in [-0.4, -0.2) is 44.2 Å². The summed E-state index contributed by atoms with van der Waals surface area (Å²) in [5, 5.41) is 0. The number of nitrogens with two attached hydrogens (primary N) is 1. The predicted molar refractivity (Wildman–Crippen MR) is 83.6 cm³/mol. The number of unbranched alkanes of at least 4 members (excludes halogenated alkanes) is 1. The summed E-state index contributed by atoms with van der Waals surface area (Å²) in [6.45, 7) is 3.04. The van der Waals surface area contributed by atoms with Crippen molar-refractivity contribution >= 4 is 5.91 Å². The second-order valence-electron chi connectivity index (χ2n) is 5.03. The van der Waals surface area contributed by atoms with Gasteiger partial charge >= 0.3 is 0 Å². The van der Waals surface area contributed by atoms with Crippen molar-refractivity contribution in [3.05, 3.63) is 24.3 Å². The number of nitrogens with zero attached hydrogens (tertiary/aromatic N) is 1. The van der Waals surface area contributed by atoms with E-state index in [4.69, 9.17) is 15.2 Å². The Hall–Kier alpha value is -1.75. The van der Waals surface area contributed by atoms with Gasteiger partial charge in [0.1, 0.15) is 18.1 Å². The molecule has 1 aromatic rings. The van der Waals surface area contributed by atoms with Crippen LogP contribution in [-0.2, 0) is 4.79 Å². The van der Waals surface area contributed by atoms with Crippen molar-refractivity contribution in [2.75, 3.05) is 27.3 Å². The number of hydrogen-bond acceptors (Lipinski definition) is 4. The van der Waals surface area contributed by atoms with E-state index >= 15 is 0 Å². The number of likely N-dealkylation sites (N-methyl/N-ethyl adjacent to an activating group) is 1. The molecule has 0 saturated heterocycles. The van der Waals surface area contributed by atoms with Gasteiger partial charge in [0, 0.05) is 7.05 Å². The highest BCUT2D eigenvalue weighted by atomic mass is 16.5. The SMILES string of the molecule is CCCC[C@H](N)C(=O)N(C)CCOc1ccc(OC)cc1. The monoisotopic (exact) mass is 294 g/mol. The average Bonchev–Trinajstić information content (AvgIpc) is 2.52. The maximum atomic E-state index is 12.0. The van der Waals surface area contributed by atoms with Crippen molar-refractivity contribution in [1.82, 2.24) is 4.90 Å². The number of ether oxygens (including phenoxy) is 2. The van der Waals surface area contributed by atoms with Gasteiger partial charge in [0.15, 0.2) is 0 Å². The Kier molecular flexibility index (Phi) is 7.61. The van der Waals surface area contributed by atoms with Gasteiger partial charge in [-0.15, -0.1) is 0 Å². The largest absolute Gasteiger partial charge is 0.497 e. The first kappa shape index (κ1) is 17.3. The van der Waals surface area contributed by atoms with Crippen LogP contribution in [0.3, 0.4) is 0 Å². The highest BCUT2D eigenvalue weighted by Gasteiger charge is 2.17. The zero-order valence-corrected chi connectivity index (χ0v) is 13.2. The Bertz CT molecular complexity index is 420. The first-order valence-corrected chi connectivity index (χ1v) is 7.36. The fourth-order valence-electron chi connectivity index (χ4n) is 1.91. The third kappa shape index (κ3) is 6.04. The lowest BCUT2D eigenvalue weighted by molar-refractivity contribution is -0.131. The summed E-state index contributed by atoms with van der Waals surface area (Å²) >= 11 is 0. The lowest BCUT2D eigenvalue weighted by atomic mass is 10.1. The number of carbonyl (C=O) groups is 1. The van der Waals surface area contributed by atoms with Crippen molar-refractivity contribution in [1.29, 1.82) is 0 Å². The maximum absolute atomic E-state index is 12.0. The summed E-state index contributed by atoms with van der Waals surface area (Å²) in [7, 11) is 3.38. The molecule has 1 rings (SSSR count). The first-order valence-electron chi connectivity index (χ1n) is 7.36. The standard InChI is InChI=1S/C16H26N2O3/c1-4-5-6-15(17)16(19)18(2)11-12-21-14-9-7-13(20-3)8-10-14/h7-10,15H,4-6,11-12,17H2,1-3H3/t15-/m0/s1. The van der Waals surface area contributed by atoms with Gasteiger partial charge in [-0.05, 0) is 30.7 Å². The Morgan fingerprint density at radius 3 is 2.48 bits per heavy atom. The molecule has 5 heteroatoms. The number of amides is 1. The molecule has 1 atom stereocenters. The van der Waals surface area contributed by atoms with Gasteiger partial charge < -0.3 is 20.1 Å². The highest BCUT2D eigenvalue weighted by Crippen LogP contribution is 2.16. The number of methoxy groups -OCH3 is 1. The summed E-state index contributed by atoms with van der Waals surface area (Å²) in [6, 6.07) is 6.95. The van der Waals surface area contributed by atoms with Crippen LogP contribution in [0.5, 0.6) is 11.5 Å². The van der Waals surface area contributed by atoms with Crippen LogP contribution in [0.4, 0.5) is 0 Å².